The third kappa shape index (κ3) is 4.20. The lowest BCUT2D eigenvalue weighted by Gasteiger charge is -2.07. The largest absolute Gasteiger partial charge is 0.345 e. The van der Waals surface area contributed by atoms with Crippen LogP contribution in [0.4, 0.5) is 0 Å². The summed E-state index contributed by atoms with van der Waals surface area (Å²) in [6.45, 7) is 2.72. The molecule has 32 heavy (non-hydrogen) atoms. The van der Waals surface area contributed by atoms with Gasteiger partial charge in [-0.2, -0.15) is 0 Å². The van der Waals surface area contributed by atoms with E-state index in [1.807, 2.05) is 53.1 Å². The van der Waals surface area contributed by atoms with Gasteiger partial charge in [-0.05, 0) is 24.6 Å². The van der Waals surface area contributed by atoms with Crippen LogP contribution in [0.25, 0.3) is 21.8 Å². The van der Waals surface area contributed by atoms with Crippen LogP contribution in [0, 0.1) is 6.92 Å². The fourth-order valence-corrected chi connectivity index (χ4v) is 4.23. The van der Waals surface area contributed by atoms with Gasteiger partial charge < -0.3 is 9.55 Å². The number of halogens is 2. The Kier molecular flexibility index (Phi) is 6.45. The molecule has 0 fully saturated rings. The number of aromatic nitrogens is 2. The molecule has 4 nitrogen and oxygen atoms in total. The number of carbonyl (C=O) groups excluding carboxylic acids is 2. The van der Waals surface area contributed by atoms with E-state index in [1.165, 1.54) is 5.56 Å². The molecule has 0 saturated carbocycles. The third-order valence-corrected chi connectivity index (χ3v) is 6.05. The average molecular weight is 463 g/mol. The van der Waals surface area contributed by atoms with E-state index in [0.717, 1.165) is 39.9 Å². The van der Waals surface area contributed by atoms with Gasteiger partial charge >= 0.3 is 0 Å². The van der Waals surface area contributed by atoms with E-state index in [9.17, 15) is 9.59 Å². The van der Waals surface area contributed by atoms with Gasteiger partial charge in [0, 0.05) is 22.8 Å². The van der Waals surface area contributed by atoms with E-state index in [-0.39, 0.29) is 0 Å². The molecule has 0 bridgehead atoms. The SMILES string of the molecule is Cc1ccc(Cn2c(Cl)c(C=O)c3ccccc32)cc1.O=Cc1c(Cl)[nH]c2ccccc12. The maximum absolute atomic E-state index is 11.3. The molecule has 0 aliphatic rings. The van der Waals surface area contributed by atoms with Crippen molar-refractivity contribution in [2.24, 2.45) is 0 Å². The number of aromatic amines is 1. The predicted molar refractivity (Wildman–Crippen MR) is 131 cm³/mol. The number of aldehydes is 2. The normalized spacial score (nSPS) is 10.7. The van der Waals surface area contributed by atoms with Gasteiger partial charge in [-0.3, -0.25) is 9.59 Å². The molecule has 6 heteroatoms. The minimum Gasteiger partial charge on any atom is -0.345 e. The first-order chi connectivity index (χ1) is 15.5. The Morgan fingerprint density at radius 3 is 2.12 bits per heavy atom. The number of nitrogens with zero attached hydrogens (tertiary/aromatic N) is 1. The van der Waals surface area contributed by atoms with Crippen LogP contribution in [-0.4, -0.2) is 22.1 Å². The smallest absolute Gasteiger partial charge is 0.153 e. The number of para-hydroxylation sites is 2. The number of benzene rings is 3. The lowest BCUT2D eigenvalue weighted by Crippen LogP contribution is -1.99. The van der Waals surface area contributed by atoms with E-state index in [1.54, 1.807) is 0 Å². The van der Waals surface area contributed by atoms with Crippen molar-refractivity contribution in [3.8, 4) is 0 Å². The summed E-state index contributed by atoms with van der Waals surface area (Å²) in [6.07, 6.45) is 1.59. The molecule has 0 unspecified atom stereocenters. The highest BCUT2D eigenvalue weighted by molar-refractivity contribution is 6.34. The molecule has 0 radical (unpaired) electrons. The second-order valence-corrected chi connectivity index (χ2v) is 8.16. The molecule has 1 N–H and O–H groups in total. The van der Waals surface area contributed by atoms with Crippen molar-refractivity contribution < 1.29 is 9.59 Å². The maximum Gasteiger partial charge on any atom is 0.153 e. The van der Waals surface area contributed by atoms with Crippen LogP contribution in [0.1, 0.15) is 31.8 Å². The summed E-state index contributed by atoms with van der Waals surface area (Å²) in [5.41, 5.74) is 5.37. The van der Waals surface area contributed by atoms with Crippen molar-refractivity contribution in [3.05, 3.63) is 105 Å². The molecule has 160 valence electrons. The summed E-state index contributed by atoms with van der Waals surface area (Å²) < 4.78 is 1.98. The second kappa shape index (κ2) is 9.43. The highest BCUT2D eigenvalue weighted by atomic mass is 35.5. The summed E-state index contributed by atoms with van der Waals surface area (Å²) in [5.74, 6) is 0. The molecule has 5 aromatic rings. The number of carbonyl (C=O) groups is 2. The molecule has 3 aromatic carbocycles. The van der Waals surface area contributed by atoms with Gasteiger partial charge in [-0.15, -0.1) is 0 Å². The van der Waals surface area contributed by atoms with Crippen molar-refractivity contribution in [1.29, 1.82) is 0 Å². The minimum atomic E-state index is 0.409. The molecular formula is C26H20Cl2N2O2. The van der Waals surface area contributed by atoms with Crippen molar-refractivity contribution in [1.82, 2.24) is 9.55 Å². The van der Waals surface area contributed by atoms with Gasteiger partial charge in [0.05, 0.1) is 16.6 Å². The predicted octanol–water partition coefficient (Wildman–Crippen LogP) is 7.10. The Morgan fingerprint density at radius 1 is 0.812 bits per heavy atom. The fourth-order valence-electron chi connectivity index (χ4n) is 3.69. The van der Waals surface area contributed by atoms with E-state index >= 15 is 0 Å². The molecule has 5 rings (SSSR count). The van der Waals surface area contributed by atoms with Crippen molar-refractivity contribution in [2.45, 2.75) is 13.5 Å². The van der Waals surface area contributed by atoms with Gasteiger partial charge in [0.1, 0.15) is 10.3 Å². The van der Waals surface area contributed by atoms with E-state index < -0.39 is 0 Å². The number of nitrogens with one attached hydrogen (secondary N) is 1. The van der Waals surface area contributed by atoms with E-state index in [2.05, 4.69) is 36.2 Å². The van der Waals surface area contributed by atoms with Gasteiger partial charge in [-0.1, -0.05) is 89.4 Å². The number of aryl methyl sites for hydroxylation is 1. The highest BCUT2D eigenvalue weighted by Gasteiger charge is 2.14. The molecule has 0 aliphatic carbocycles. The lowest BCUT2D eigenvalue weighted by atomic mass is 10.1. The van der Waals surface area contributed by atoms with Crippen LogP contribution >= 0.6 is 23.2 Å². The van der Waals surface area contributed by atoms with Gasteiger partial charge in [0.25, 0.3) is 0 Å². The molecule has 0 amide bonds. The van der Waals surface area contributed by atoms with Crippen molar-refractivity contribution in [2.75, 3.05) is 0 Å². The van der Waals surface area contributed by atoms with Gasteiger partial charge in [-0.25, -0.2) is 0 Å². The Labute approximate surface area is 195 Å². The summed E-state index contributed by atoms with van der Waals surface area (Å²) in [5, 5.41) is 2.69. The Balaban J connectivity index is 0.000000174. The topological polar surface area (TPSA) is 54.9 Å². The second-order valence-electron chi connectivity index (χ2n) is 7.43. The van der Waals surface area contributed by atoms with Crippen LogP contribution in [-0.2, 0) is 6.54 Å². The quantitative estimate of drug-likeness (QED) is 0.289. The zero-order chi connectivity index (χ0) is 22.7. The minimum absolute atomic E-state index is 0.409. The third-order valence-electron chi connectivity index (χ3n) is 5.34. The molecule has 0 atom stereocenters. The van der Waals surface area contributed by atoms with Crippen LogP contribution in [0.15, 0.2) is 72.8 Å². The molecule has 0 spiro atoms. The van der Waals surface area contributed by atoms with Crippen LogP contribution in [0.5, 0.6) is 0 Å². The summed E-state index contributed by atoms with van der Waals surface area (Å²) in [4.78, 5) is 24.8. The maximum atomic E-state index is 11.3. The van der Waals surface area contributed by atoms with Crippen LogP contribution in [0.3, 0.4) is 0 Å². The zero-order valence-electron chi connectivity index (χ0n) is 17.3. The molecular weight excluding hydrogens is 443 g/mol. The van der Waals surface area contributed by atoms with E-state index in [0.29, 0.717) is 28.0 Å². The average Bonchev–Trinajstić information content (AvgIpc) is 3.28. The van der Waals surface area contributed by atoms with Crippen molar-refractivity contribution in [3.63, 3.8) is 0 Å². The Morgan fingerprint density at radius 2 is 1.44 bits per heavy atom. The van der Waals surface area contributed by atoms with Crippen LogP contribution < -0.4 is 0 Å². The lowest BCUT2D eigenvalue weighted by molar-refractivity contribution is 0.111. The first-order valence-corrected chi connectivity index (χ1v) is 10.8. The number of fused-ring (bicyclic) bond motifs is 2. The van der Waals surface area contributed by atoms with E-state index in [4.69, 9.17) is 23.2 Å². The number of hydrogen-bond acceptors (Lipinski definition) is 2. The zero-order valence-corrected chi connectivity index (χ0v) is 18.8. The first-order valence-electron chi connectivity index (χ1n) is 10.0. The molecule has 0 aliphatic heterocycles. The number of H-pyrrole nitrogens is 1. The Hall–Kier alpha value is -3.34. The van der Waals surface area contributed by atoms with Crippen LogP contribution in [0.2, 0.25) is 10.3 Å². The highest BCUT2D eigenvalue weighted by Crippen LogP contribution is 2.29. The first kappa shape index (κ1) is 21.9. The summed E-state index contributed by atoms with van der Waals surface area (Å²) in [6, 6.07) is 23.6. The van der Waals surface area contributed by atoms with Gasteiger partial charge in [0.2, 0.25) is 0 Å². The monoisotopic (exact) mass is 462 g/mol. The van der Waals surface area contributed by atoms with Gasteiger partial charge in [0.15, 0.2) is 12.6 Å². The molecule has 2 heterocycles. The number of hydrogen-bond donors (Lipinski definition) is 1. The molecule has 0 saturated heterocycles. The summed E-state index contributed by atoms with van der Waals surface area (Å²) in [7, 11) is 0. The molecule has 2 aromatic heterocycles. The summed E-state index contributed by atoms with van der Waals surface area (Å²) >= 11 is 12.1. The van der Waals surface area contributed by atoms with Crippen molar-refractivity contribution >= 4 is 57.6 Å². The Bertz CT molecular complexity index is 1420. The number of rotatable bonds is 4. The fraction of sp³-hybridized carbons (Fsp3) is 0.0769. The standard InChI is InChI=1S/C17H14ClNO.C9H6ClNO/c1-12-6-8-13(9-7-12)10-19-16-5-3-2-4-14(16)15(11-20)17(19)18;10-9-7(5-12)6-3-1-2-4-8(6)11-9/h2-9,11H,10H2,1H3;1-5,11H.